The number of carbonyl (C=O) groups excluding carboxylic acids is 1. The predicted octanol–water partition coefficient (Wildman–Crippen LogP) is 2.90. The highest BCUT2D eigenvalue weighted by molar-refractivity contribution is 5.73. The fraction of sp³-hybridized carbons (Fsp3) is 0.333. The monoisotopic (exact) mass is 275 g/mol. The summed E-state index contributed by atoms with van der Waals surface area (Å²) in [5.41, 5.74) is 2.85. The minimum Gasteiger partial charge on any atom is -0.481 e. The zero-order chi connectivity index (χ0) is 14.5. The number of rotatable bonds is 5. The van der Waals surface area contributed by atoms with E-state index >= 15 is 0 Å². The molecule has 5 nitrogen and oxygen atoms in total. The zero-order valence-corrected chi connectivity index (χ0v) is 11.8. The number of carbonyl (C=O) groups is 1. The lowest BCUT2D eigenvalue weighted by Crippen LogP contribution is -2.15. The fourth-order valence-electron chi connectivity index (χ4n) is 2.04. The molecule has 5 heteroatoms. The standard InChI is InChI=1S/C15H17NO4/c1-4-18-14(17)9-19-13-8-10(2)7-11(3)15(13)12-5-6-16-20-12/h5-8H,4,9H2,1-3H3. The molecular weight excluding hydrogens is 258 g/mol. The number of hydrogen-bond donors (Lipinski definition) is 0. The first kappa shape index (κ1) is 14.1. The Morgan fingerprint density at radius 2 is 2.15 bits per heavy atom. The van der Waals surface area contributed by atoms with Crippen molar-refractivity contribution in [1.82, 2.24) is 5.16 Å². The number of esters is 1. The minimum atomic E-state index is -0.393. The maximum atomic E-state index is 11.4. The molecule has 1 aromatic heterocycles. The molecule has 0 aliphatic rings. The summed E-state index contributed by atoms with van der Waals surface area (Å²) in [7, 11) is 0. The maximum Gasteiger partial charge on any atom is 0.344 e. The molecule has 0 saturated heterocycles. The SMILES string of the molecule is CCOC(=O)COc1cc(C)cc(C)c1-c1ccno1. The topological polar surface area (TPSA) is 61.6 Å². The van der Waals surface area contributed by atoms with Crippen molar-refractivity contribution < 1.29 is 18.8 Å². The van der Waals surface area contributed by atoms with E-state index in [1.807, 2.05) is 26.0 Å². The minimum absolute atomic E-state index is 0.127. The molecule has 0 aliphatic carbocycles. The van der Waals surface area contributed by atoms with E-state index in [4.69, 9.17) is 14.0 Å². The van der Waals surface area contributed by atoms with Crippen LogP contribution in [0.4, 0.5) is 0 Å². The van der Waals surface area contributed by atoms with Gasteiger partial charge in [-0.3, -0.25) is 0 Å². The van der Waals surface area contributed by atoms with E-state index in [1.165, 1.54) is 0 Å². The van der Waals surface area contributed by atoms with Crippen molar-refractivity contribution in [3.8, 4) is 17.1 Å². The third kappa shape index (κ3) is 3.17. The molecule has 0 saturated carbocycles. The van der Waals surface area contributed by atoms with Crippen LogP contribution in [0.2, 0.25) is 0 Å². The summed E-state index contributed by atoms with van der Waals surface area (Å²) in [6, 6.07) is 5.65. The number of aryl methyl sites for hydroxylation is 2. The third-order valence-electron chi connectivity index (χ3n) is 2.78. The van der Waals surface area contributed by atoms with Gasteiger partial charge in [0.25, 0.3) is 0 Å². The van der Waals surface area contributed by atoms with Crippen LogP contribution in [0, 0.1) is 13.8 Å². The average Bonchev–Trinajstić information content (AvgIpc) is 2.89. The molecule has 106 valence electrons. The first-order chi connectivity index (χ1) is 9.61. The molecule has 0 atom stereocenters. The lowest BCUT2D eigenvalue weighted by atomic mass is 10.0. The number of nitrogens with zero attached hydrogens (tertiary/aromatic N) is 1. The second-order valence-corrected chi connectivity index (χ2v) is 4.43. The zero-order valence-electron chi connectivity index (χ0n) is 11.8. The third-order valence-corrected chi connectivity index (χ3v) is 2.78. The first-order valence-corrected chi connectivity index (χ1v) is 6.42. The van der Waals surface area contributed by atoms with Gasteiger partial charge in [-0.05, 0) is 38.0 Å². The van der Waals surface area contributed by atoms with E-state index in [2.05, 4.69) is 5.16 Å². The quantitative estimate of drug-likeness (QED) is 0.785. The lowest BCUT2D eigenvalue weighted by Gasteiger charge is -2.12. The Hall–Kier alpha value is -2.30. The summed E-state index contributed by atoms with van der Waals surface area (Å²) in [6.07, 6.45) is 1.57. The van der Waals surface area contributed by atoms with Crippen molar-refractivity contribution in [2.24, 2.45) is 0 Å². The molecule has 0 fully saturated rings. The molecule has 0 radical (unpaired) electrons. The van der Waals surface area contributed by atoms with Crippen LogP contribution >= 0.6 is 0 Å². The first-order valence-electron chi connectivity index (χ1n) is 6.42. The van der Waals surface area contributed by atoms with Crippen LogP contribution in [0.1, 0.15) is 18.1 Å². The summed E-state index contributed by atoms with van der Waals surface area (Å²) in [4.78, 5) is 11.4. The van der Waals surface area contributed by atoms with E-state index in [9.17, 15) is 4.79 Å². The van der Waals surface area contributed by atoms with Crippen molar-refractivity contribution in [1.29, 1.82) is 0 Å². The van der Waals surface area contributed by atoms with E-state index in [0.717, 1.165) is 16.7 Å². The van der Waals surface area contributed by atoms with Gasteiger partial charge in [0.2, 0.25) is 0 Å². The molecule has 0 unspecified atom stereocenters. The van der Waals surface area contributed by atoms with Crippen molar-refractivity contribution in [3.63, 3.8) is 0 Å². The van der Waals surface area contributed by atoms with Crippen molar-refractivity contribution >= 4 is 5.97 Å². The van der Waals surface area contributed by atoms with Crippen LogP contribution in [0.5, 0.6) is 5.75 Å². The van der Waals surface area contributed by atoms with Crippen LogP contribution in [0.3, 0.4) is 0 Å². The molecule has 2 rings (SSSR count). The highest BCUT2D eigenvalue weighted by Gasteiger charge is 2.15. The van der Waals surface area contributed by atoms with Gasteiger partial charge in [-0.2, -0.15) is 0 Å². The second kappa shape index (κ2) is 6.23. The number of benzene rings is 1. The highest BCUT2D eigenvalue weighted by Crippen LogP contribution is 2.34. The van der Waals surface area contributed by atoms with Gasteiger partial charge < -0.3 is 14.0 Å². The van der Waals surface area contributed by atoms with Crippen molar-refractivity contribution in [3.05, 3.63) is 35.5 Å². The van der Waals surface area contributed by atoms with Crippen LogP contribution < -0.4 is 4.74 Å². The van der Waals surface area contributed by atoms with Crippen molar-refractivity contribution in [2.45, 2.75) is 20.8 Å². The molecule has 2 aromatic rings. The van der Waals surface area contributed by atoms with E-state index in [1.54, 1.807) is 19.2 Å². The Morgan fingerprint density at radius 1 is 1.35 bits per heavy atom. The van der Waals surface area contributed by atoms with Gasteiger partial charge in [0.05, 0.1) is 18.4 Å². The van der Waals surface area contributed by atoms with Crippen molar-refractivity contribution in [2.75, 3.05) is 13.2 Å². The number of ether oxygens (including phenoxy) is 2. The van der Waals surface area contributed by atoms with E-state index in [-0.39, 0.29) is 6.61 Å². The van der Waals surface area contributed by atoms with Crippen LogP contribution in [0.15, 0.2) is 28.9 Å². The summed E-state index contributed by atoms with van der Waals surface area (Å²) >= 11 is 0. The molecule has 0 aliphatic heterocycles. The summed E-state index contributed by atoms with van der Waals surface area (Å²) < 4.78 is 15.6. The molecule has 20 heavy (non-hydrogen) atoms. The molecular formula is C15H17NO4. The van der Waals surface area contributed by atoms with Crippen LogP contribution in [-0.2, 0) is 9.53 Å². The van der Waals surface area contributed by atoms with Crippen LogP contribution in [0.25, 0.3) is 11.3 Å². The molecule has 0 amide bonds. The maximum absolute atomic E-state index is 11.4. The molecule has 0 N–H and O–H groups in total. The van der Waals surface area contributed by atoms with Gasteiger partial charge in [-0.1, -0.05) is 11.2 Å². The van der Waals surface area contributed by atoms with Gasteiger partial charge in [0, 0.05) is 6.07 Å². The number of aromatic nitrogens is 1. The van der Waals surface area contributed by atoms with Gasteiger partial charge in [0.15, 0.2) is 12.4 Å². The Morgan fingerprint density at radius 3 is 2.80 bits per heavy atom. The Kier molecular flexibility index (Phi) is 4.40. The Balaban J connectivity index is 2.29. The Labute approximate surface area is 117 Å². The smallest absolute Gasteiger partial charge is 0.344 e. The van der Waals surface area contributed by atoms with Crippen LogP contribution in [-0.4, -0.2) is 24.3 Å². The average molecular weight is 275 g/mol. The van der Waals surface area contributed by atoms with Gasteiger partial charge in [-0.15, -0.1) is 0 Å². The summed E-state index contributed by atoms with van der Waals surface area (Å²) in [5.74, 6) is 0.809. The fourth-order valence-corrected chi connectivity index (χ4v) is 2.04. The normalized spacial score (nSPS) is 10.3. The van der Waals surface area contributed by atoms with Gasteiger partial charge >= 0.3 is 5.97 Å². The van der Waals surface area contributed by atoms with Gasteiger partial charge in [0.1, 0.15) is 5.75 Å². The Bertz CT molecular complexity index is 590. The highest BCUT2D eigenvalue weighted by atomic mass is 16.6. The molecule has 0 spiro atoms. The molecule has 1 aromatic carbocycles. The molecule has 1 heterocycles. The van der Waals surface area contributed by atoms with E-state index < -0.39 is 5.97 Å². The summed E-state index contributed by atoms with van der Waals surface area (Å²) in [5, 5.41) is 3.71. The predicted molar refractivity (Wildman–Crippen MR) is 73.5 cm³/mol. The second-order valence-electron chi connectivity index (χ2n) is 4.43. The molecule has 0 bridgehead atoms. The largest absolute Gasteiger partial charge is 0.481 e. The van der Waals surface area contributed by atoms with E-state index in [0.29, 0.717) is 18.1 Å². The summed E-state index contributed by atoms with van der Waals surface area (Å²) in [6.45, 7) is 5.90. The lowest BCUT2D eigenvalue weighted by molar-refractivity contribution is -0.145. The number of hydrogen-bond acceptors (Lipinski definition) is 5. The van der Waals surface area contributed by atoms with Gasteiger partial charge in [-0.25, -0.2) is 4.79 Å².